The second-order valence-electron chi connectivity index (χ2n) is 9.36. The summed E-state index contributed by atoms with van der Waals surface area (Å²) in [6, 6.07) is 0. The molecule has 0 radical (unpaired) electrons. The number of rotatable bonds is 12. The number of aliphatic hydroxyl groups is 10. The van der Waals surface area contributed by atoms with Crippen molar-refractivity contribution in [2.24, 2.45) is 0 Å². The van der Waals surface area contributed by atoms with Gasteiger partial charge in [-0.15, -0.1) is 0 Å². The van der Waals surface area contributed by atoms with E-state index in [4.69, 9.17) is 18.9 Å². The topological polar surface area (TPSA) is 268 Å². The molecule has 0 aliphatic carbocycles. The summed E-state index contributed by atoms with van der Waals surface area (Å²) in [6.07, 6.45) is -16.3. The molecule has 2 aliphatic rings. The van der Waals surface area contributed by atoms with Gasteiger partial charge in [0, 0.05) is 26.4 Å². The normalized spacial score (nSPS) is 35.8. The fraction of sp³-hybridized carbons (Fsp3) is 0.864. The summed E-state index contributed by atoms with van der Waals surface area (Å²) in [6.45, 7) is -0.0615. The van der Waals surface area contributed by atoms with Crippen LogP contribution in [0.15, 0.2) is 11.5 Å². The number of carbonyl (C=O) groups is 1. The number of aliphatic hydroxyl groups excluding tert-OH is 10. The summed E-state index contributed by atoms with van der Waals surface area (Å²) < 4.78 is 21.8. The number of carbonyl (C=O) groups excluding carboxylic acids is 1. The molecule has 11 N–H and O–H groups in total. The smallest absolute Gasteiger partial charge is 0.221 e. The van der Waals surface area contributed by atoms with Crippen molar-refractivity contribution >= 4 is 5.91 Å². The van der Waals surface area contributed by atoms with Gasteiger partial charge in [-0.1, -0.05) is 0 Å². The molecule has 1 amide bonds. The highest BCUT2D eigenvalue weighted by Gasteiger charge is 2.47. The van der Waals surface area contributed by atoms with Crippen molar-refractivity contribution in [1.29, 1.82) is 0 Å². The lowest BCUT2D eigenvalue weighted by atomic mass is 9.89. The van der Waals surface area contributed by atoms with Gasteiger partial charge >= 0.3 is 0 Å². The lowest BCUT2D eigenvalue weighted by Crippen LogP contribution is -2.60. The van der Waals surface area contributed by atoms with Gasteiger partial charge in [-0.05, 0) is 6.92 Å². The molecule has 0 aromatic heterocycles. The van der Waals surface area contributed by atoms with Gasteiger partial charge in [0.2, 0.25) is 5.91 Å². The second kappa shape index (κ2) is 14.2. The molecule has 38 heavy (non-hydrogen) atoms. The number of hydrogen-bond donors (Lipinski definition) is 11. The highest BCUT2D eigenvalue weighted by Crippen LogP contribution is 2.32. The fourth-order valence-corrected chi connectivity index (χ4v) is 4.34. The van der Waals surface area contributed by atoms with E-state index >= 15 is 0 Å². The van der Waals surface area contributed by atoms with Crippen LogP contribution in [0.1, 0.15) is 26.7 Å². The van der Waals surface area contributed by atoms with E-state index in [0.29, 0.717) is 0 Å². The van der Waals surface area contributed by atoms with E-state index in [1.165, 1.54) is 6.92 Å². The first kappa shape index (κ1) is 32.7. The zero-order valence-corrected chi connectivity index (χ0v) is 21.0. The minimum absolute atomic E-state index is 0.264. The lowest BCUT2D eigenvalue weighted by molar-refractivity contribution is -0.310. The molecule has 2 saturated heterocycles. The van der Waals surface area contributed by atoms with Crippen LogP contribution in [-0.4, -0.2) is 150 Å². The molecule has 10 atom stereocenters. The molecule has 2 heterocycles. The van der Waals surface area contributed by atoms with Crippen molar-refractivity contribution in [3.8, 4) is 0 Å². The maximum Gasteiger partial charge on any atom is 0.221 e. The minimum atomic E-state index is -2.11. The molecular weight excluding hydrogens is 518 g/mol. The standard InChI is InChI=1S/C22H39NO15/c1-9-19(11(29)5-22(7-26,8-27)38-9)37-20(34)14(23-10(2)28)15(30)12(3-4-24)35-21-18(33)17(32)16(31)13(6-25)36-21/h9,11-13,16-21,24-27,29-34H,3-8H2,1-2H3,(H,23,28)/b15-14-/t9-,11?,12-,13?,16+,17?,18?,19?,20+,21-/m1/s1. The average Bonchev–Trinajstić information content (AvgIpc) is 2.88. The van der Waals surface area contributed by atoms with Crippen LogP contribution < -0.4 is 5.32 Å². The van der Waals surface area contributed by atoms with Gasteiger partial charge in [0.15, 0.2) is 12.6 Å². The third kappa shape index (κ3) is 7.57. The Kier molecular flexibility index (Phi) is 12.2. The number of amides is 1. The van der Waals surface area contributed by atoms with Crippen LogP contribution in [0.25, 0.3) is 0 Å². The second-order valence-corrected chi connectivity index (χ2v) is 9.36. The van der Waals surface area contributed by atoms with Gasteiger partial charge in [-0.2, -0.15) is 0 Å². The molecule has 0 aromatic carbocycles. The van der Waals surface area contributed by atoms with Crippen LogP contribution in [0.3, 0.4) is 0 Å². The molecule has 0 saturated carbocycles. The van der Waals surface area contributed by atoms with Gasteiger partial charge in [-0.3, -0.25) is 4.79 Å². The van der Waals surface area contributed by atoms with E-state index in [-0.39, 0.29) is 12.8 Å². The largest absolute Gasteiger partial charge is 0.507 e. The zero-order chi connectivity index (χ0) is 28.8. The summed E-state index contributed by atoms with van der Waals surface area (Å²) in [4.78, 5) is 11.8. The van der Waals surface area contributed by atoms with E-state index in [2.05, 4.69) is 5.32 Å². The van der Waals surface area contributed by atoms with Crippen LogP contribution in [0.4, 0.5) is 0 Å². The van der Waals surface area contributed by atoms with E-state index in [1.54, 1.807) is 0 Å². The Labute approximate surface area is 218 Å². The molecule has 0 aromatic rings. The predicted octanol–water partition coefficient (Wildman–Crippen LogP) is -4.94. The van der Waals surface area contributed by atoms with E-state index in [1.807, 2.05) is 0 Å². The van der Waals surface area contributed by atoms with Crippen LogP contribution in [-0.2, 0) is 23.7 Å². The first-order chi connectivity index (χ1) is 17.8. The molecule has 5 unspecified atom stereocenters. The van der Waals surface area contributed by atoms with Crippen molar-refractivity contribution in [2.75, 3.05) is 26.4 Å². The van der Waals surface area contributed by atoms with Gasteiger partial charge in [0.1, 0.15) is 53.7 Å². The van der Waals surface area contributed by atoms with Crippen LogP contribution in [0.5, 0.6) is 0 Å². The molecule has 0 bridgehead atoms. The summed E-state index contributed by atoms with van der Waals surface area (Å²) in [7, 11) is 0. The van der Waals surface area contributed by atoms with E-state index < -0.39 is 111 Å². The molecule has 16 heteroatoms. The quantitative estimate of drug-likeness (QED) is 0.0792. The Morgan fingerprint density at radius 1 is 1.05 bits per heavy atom. The Morgan fingerprint density at radius 3 is 2.18 bits per heavy atom. The average molecular weight is 558 g/mol. The van der Waals surface area contributed by atoms with Crippen molar-refractivity contribution < 1.29 is 74.8 Å². The van der Waals surface area contributed by atoms with Crippen LogP contribution in [0, 0.1) is 0 Å². The minimum Gasteiger partial charge on any atom is -0.507 e. The summed E-state index contributed by atoms with van der Waals surface area (Å²) in [5.41, 5.74) is -2.10. The highest BCUT2D eigenvalue weighted by atomic mass is 16.7. The van der Waals surface area contributed by atoms with Crippen LogP contribution >= 0.6 is 0 Å². The van der Waals surface area contributed by atoms with Gasteiger partial charge in [0.25, 0.3) is 0 Å². The van der Waals surface area contributed by atoms with Gasteiger partial charge < -0.3 is 75.3 Å². The van der Waals surface area contributed by atoms with Crippen molar-refractivity contribution in [3.05, 3.63) is 11.5 Å². The van der Waals surface area contributed by atoms with Crippen molar-refractivity contribution in [1.82, 2.24) is 5.32 Å². The SMILES string of the molecule is CC(=O)N/C(=C(\O)[C@@H](CCO)O[C@@H]1OC(CO)[C@H](O)C(O)C1O)[C@@H](O)OC1C(O)CC(CO)(CO)O[C@@H]1C. The third-order valence-corrected chi connectivity index (χ3v) is 6.40. The van der Waals surface area contributed by atoms with Crippen molar-refractivity contribution in [2.45, 2.75) is 93.7 Å². The summed E-state index contributed by atoms with van der Waals surface area (Å²) >= 11 is 0. The van der Waals surface area contributed by atoms with Gasteiger partial charge in [-0.25, -0.2) is 0 Å². The molecular formula is C22H39NO15. The molecule has 16 nitrogen and oxygen atoms in total. The fourth-order valence-electron chi connectivity index (χ4n) is 4.34. The Morgan fingerprint density at radius 2 is 1.68 bits per heavy atom. The molecule has 0 spiro atoms. The lowest BCUT2D eigenvalue weighted by Gasteiger charge is -2.45. The Hall–Kier alpha value is -1.51. The monoisotopic (exact) mass is 557 g/mol. The first-order valence-corrected chi connectivity index (χ1v) is 12.0. The highest BCUT2D eigenvalue weighted by molar-refractivity contribution is 5.75. The summed E-state index contributed by atoms with van der Waals surface area (Å²) in [5.74, 6) is -1.64. The number of ether oxygens (including phenoxy) is 4. The number of nitrogens with one attached hydrogen (secondary N) is 1. The van der Waals surface area contributed by atoms with E-state index in [9.17, 15) is 55.9 Å². The maximum absolute atomic E-state index is 11.8. The van der Waals surface area contributed by atoms with E-state index in [0.717, 1.165) is 6.92 Å². The Bertz CT molecular complexity index is 777. The van der Waals surface area contributed by atoms with Crippen LogP contribution in [0.2, 0.25) is 0 Å². The molecule has 2 fully saturated rings. The maximum atomic E-state index is 11.8. The molecule has 222 valence electrons. The predicted molar refractivity (Wildman–Crippen MR) is 123 cm³/mol. The molecule has 2 rings (SSSR count). The molecule has 2 aliphatic heterocycles. The zero-order valence-electron chi connectivity index (χ0n) is 21.0. The van der Waals surface area contributed by atoms with Crippen molar-refractivity contribution in [3.63, 3.8) is 0 Å². The van der Waals surface area contributed by atoms with Gasteiger partial charge in [0.05, 0.1) is 32.0 Å². The number of hydrogen-bond acceptors (Lipinski definition) is 15. The third-order valence-electron chi connectivity index (χ3n) is 6.40. The Balaban J connectivity index is 2.31. The summed E-state index contributed by atoms with van der Waals surface area (Å²) in [5, 5.41) is 103. The first-order valence-electron chi connectivity index (χ1n) is 12.0.